The number of fused-ring (bicyclic) bond motifs is 1. The van der Waals surface area contributed by atoms with Crippen molar-refractivity contribution in [1.29, 1.82) is 5.41 Å². The van der Waals surface area contributed by atoms with Gasteiger partial charge in [0.05, 0.1) is 18.8 Å². The Balaban J connectivity index is 1.46. The van der Waals surface area contributed by atoms with Crippen molar-refractivity contribution in [3.05, 3.63) is 29.6 Å². The second-order valence-electron chi connectivity index (χ2n) is 9.21. The molecule has 1 aromatic heterocycles. The number of nitrogens with two attached hydrogens (primary N) is 1. The van der Waals surface area contributed by atoms with Crippen molar-refractivity contribution < 1.29 is 26.7 Å². The van der Waals surface area contributed by atoms with Crippen molar-refractivity contribution in [2.45, 2.75) is 51.1 Å². The van der Waals surface area contributed by atoms with Gasteiger partial charge in [-0.25, -0.2) is 13.8 Å². The molecular weight excluding hydrogens is 433 g/mol. The molecule has 11 heteroatoms. The van der Waals surface area contributed by atoms with Crippen molar-refractivity contribution in [3.8, 4) is 5.75 Å². The lowest BCUT2D eigenvalue weighted by Crippen LogP contribution is -2.59. The predicted octanol–water partition coefficient (Wildman–Crippen LogP) is 3.79. The molecule has 0 aromatic carbocycles. The quantitative estimate of drug-likeness (QED) is 0.427. The highest BCUT2D eigenvalue weighted by Gasteiger charge is 2.60. The molecule has 1 aliphatic heterocycles. The summed E-state index contributed by atoms with van der Waals surface area (Å²) >= 11 is 0. The van der Waals surface area contributed by atoms with Crippen LogP contribution in [0.3, 0.4) is 0 Å². The van der Waals surface area contributed by atoms with E-state index in [1.54, 1.807) is 6.08 Å². The molecule has 2 saturated carbocycles. The largest absolute Gasteiger partial charge is 0.573 e. The molecule has 3 fully saturated rings. The first kappa shape index (κ1) is 22.8. The van der Waals surface area contributed by atoms with E-state index in [0.717, 1.165) is 24.6 Å². The number of pyridine rings is 1. The van der Waals surface area contributed by atoms with Gasteiger partial charge in [0.15, 0.2) is 11.6 Å². The minimum Gasteiger partial charge on any atom is -0.402 e. The number of nitrogens with zero attached hydrogens (tertiary/aromatic N) is 2. The Kier molecular flexibility index (Phi) is 5.59. The third-order valence-corrected chi connectivity index (χ3v) is 6.34. The van der Waals surface area contributed by atoms with E-state index < -0.39 is 23.9 Å². The summed E-state index contributed by atoms with van der Waals surface area (Å²) in [6.07, 6.45) is -0.399. The number of ether oxygens (including phenoxy) is 1. The summed E-state index contributed by atoms with van der Waals surface area (Å²) in [5.41, 5.74) is 6.43. The third kappa shape index (κ3) is 4.82. The minimum absolute atomic E-state index is 0.0171. The molecule has 1 aromatic rings. The van der Waals surface area contributed by atoms with Gasteiger partial charge >= 0.3 is 6.36 Å². The second-order valence-corrected chi connectivity index (χ2v) is 9.21. The highest BCUT2D eigenvalue weighted by atomic mass is 19.4. The molecule has 1 saturated heterocycles. The van der Waals surface area contributed by atoms with E-state index in [1.165, 1.54) is 6.20 Å². The number of anilines is 1. The molecule has 4 rings (SSSR count). The van der Waals surface area contributed by atoms with Crippen LogP contribution in [0.2, 0.25) is 0 Å². The first-order valence-electron chi connectivity index (χ1n) is 10.5. The summed E-state index contributed by atoms with van der Waals surface area (Å²) in [5.74, 6) is -2.75. The van der Waals surface area contributed by atoms with Gasteiger partial charge in [0.25, 0.3) is 5.92 Å². The van der Waals surface area contributed by atoms with Gasteiger partial charge in [0, 0.05) is 35.5 Å². The molecule has 2 heterocycles. The number of hydrogen-bond acceptors (Lipinski definition) is 6. The van der Waals surface area contributed by atoms with E-state index in [0.29, 0.717) is 11.8 Å². The molecule has 3 aliphatic rings. The van der Waals surface area contributed by atoms with Gasteiger partial charge in [-0.1, -0.05) is 0 Å². The highest BCUT2D eigenvalue weighted by Crippen LogP contribution is 2.61. The number of halogens is 5. The maximum atomic E-state index is 13.2. The lowest BCUT2D eigenvalue weighted by Gasteiger charge is -2.43. The van der Waals surface area contributed by atoms with E-state index in [-0.39, 0.29) is 42.4 Å². The molecule has 0 radical (unpaired) electrons. The molecule has 176 valence electrons. The molecule has 0 spiro atoms. The van der Waals surface area contributed by atoms with Crippen molar-refractivity contribution in [1.82, 2.24) is 15.2 Å². The number of likely N-dealkylation sites (tertiary alicyclic amines) is 1. The monoisotopic (exact) mass is 459 g/mol. The zero-order chi connectivity index (χ0) is 23.4. The van der Waals surface area contributed by atoms with Crippen LogP contribution in [0, 0.1) is 23.2 Å². The zero-order valence-corrected chi connectivity index (χ0v) is 17.7. The Morgan fingerprint density at radius 3 is 2.47 bits per heavy atom. The van der Waals surface area contributed by atoms with E-state index in [2.05, 4.69) is 15.0 Å². The van der Waals surface area contributed by atoms with E-state index in [1.807, 2.05) is 18.7 Å². The van der Waals surface area contributed by atoms with Crippen molar-refractivity contribution in [2.24, 2.45) is 17.8 Å². The predicted molar refractivity (Wildman–Crippen MR) is 109 cm³/mol. The van der Waals surface area contributed by atoms with Gasteiger partial charge in [-0.15, -0.1) is 13.2 Å². The fourth-order valence-electron chi connectivity index (χ4n) is 4.99. The molecule has 2 aliphatic carbocycles. The molecule has 0 bridgehead atoms. The summed E-state index contributed by atoms with van der Waals surface area (Å²) in [6, 6.07) is 1.31. The number of nitrogens with one attached hydrogen (secondary N) is 2. The molecule has 0 unspecified atom stereocenters. The molecule has 0 amide bonds. The van der Waals surface area contributed by atoms with Gasteiger partial charge < -0.3 is 21.2 Å². The fourth-order valence-corrected chi connectivity index (χ4v) is 4.99. The molecule has 6 nitrogen and oxygen atoms in total. The number of allylic oxidation sites excluding steroid dienone is 2. The lowest BCUT2D eigenvalue weighted by atomic mass is 9.98. The van der Waals surface area contributed by atoms with Crippen LogP contribution in [-0.2, 0) is 0 Å². The van der Waals surface area contributed by atoms with Gasteiger partial charge in [-0.2, -0.15) is 0 Å². The second kappa shape index (κ2) is 7.86. The van der Waals surface area contributed by atoms with Gasteiger partial charge in [0.1, 0.15) is 0 Å². The number of aromatic nitrogens is 1. The Morgan fingerprint density at radius 1 is 1.31 bits per heavy atom. The van der Waals surface area contributed by atoms with E-state index >= 15 is 0 Å². The van der Waals surface area contributed by atoms with Crippen LogP contribution in [0.15, 0.2) is 24.0 Å². The summed E-state index contributed by atoms with van der Waals surface area (Å²) in [7, 11) is 0. The highest BCUT2D eigenvalue weighted by molar-refractivity contribution is 6.07. The number of alkyl halides is 5. The number of hydrogen-bond donors (Lipinski definition) is 3. The average molecular weight is 459 g/mol. The maximum absolute atomic E-state index is 13.2. The summed E-state index contributed by atoms with van der Waals surface area (Å²) in [6.45, 7) is 3.57. The molecule has 4 N–H and O–H groups in total. The minimum atomic E-state index is -4.92. The van der Waals surface area contributed by atoms with Crippen LogP contribution in [-0.4, -0.2) is 53.1 Å². The topological polar surface area (TPSA) is 87.3 Å². The van der Waals surface area contributed by atoms with Gasteiger partial charge in [-0.3, -0.25) is 4.90 Å². The number of rotatable bonds is 7. The lowest BCUT2D eigenvalue weighted by molar-refractivity contribution is -0.274. The van der Waals surface area contributed by atoms with Crippen LogP contribution >= 0.6 is 0 Å². The van der Waals surface area contributed by atoms with Gasteiger partial charge in [-0.05, 0) is 50.7 Å². The number of nitrogen functional groups attached to an aromatic ring is 1. The Bertz CT molecular complexity index is 912. The first-order chi connectivity index (χ1) is 14.8. The van der Waals surface area contributed by atoms with Crippen molar-refractivity contribution in [3.63, 3.8) is 0 Å². The summed E-state index contributed by atoms with van der Waals surface area (Å²) in [4.78, 5) is 5.56. The Morgan fingerprint density at radius 2 is 1.94 bits per heavy atom. The fraction of sp³-hybridized carbons (Fsp3) is 0.619. The maximum Gasteiger partial charge on any atom is 0.573 e. The molecule has 4 atom stereocenters. The van der Waals surface area contributed by atoms with Crippen LogP contribution in [0.4, 0.5) is 27.8 Å². The molecular formula is C21H26F5N5O. The van der Waals surface area contributed by atoms with E-state index in [4.69, 9.17) is 11.1 Å². The standard InChI is InChI=1S/C21H26F5N5O/c1-10(2)30-16(18-13-4-12(5-14(13)18)31-8-20(22,23)9-31)6-15(27)11-3-17(19(28)29-7-11)32-21(24,25)26/h3,6-7,10,12-14,18,27,30H,4-5,8-9H2,1-2H3,(H2,28,29)/b16-6-,27-15?/t12-,13+,14-,18-. The van der Waals surface area contributed by atoms with Crippen molar-refractivity contribution >= 4 is 11.5 Å². The SMILES string of the molecule is CC(C)N/C(=C\C(=N)c1cnc(N)c(OC(F)(F)F)c1)[C@H]1[C@@H]2C[C@H](N3CC(F)(F)C3)C[C@@H]21. The van der Waals surface area contributed by atoms with E-state index in [9.17, 15) is 22.0 Å². The zero-order valence-electron chi connectivity index (χ0n) is 17.7. The van der Waals surface area contributed by atoms with Crippen LogP contribution < -0.4 is 15.8 Å². The first-order valence-corrected chi connectivity index (χ1v) is 10.5. The van der Waals surface area contributed by atoms with Crippen molar-refractivity contribution in [2.75, 3.05) is 18.8 Å². The third-order valence-electron chi connectivity index (χ3n) is 6.34. The summed E-state index contributed by atoms with van der Waals surface area (Å²) < 4.78 is 68.0. The Hall–Kier alpha value is -2.43. The van der Waals surface area contributed by atoms with Gasteiger partial charge in [0.2, 0.25) is 0 Å². The van der Waals surface area contributed by atoms with Crippen LogP contribution in [0.25, 0.3) is 0 Å². The Labute approximate surface area is 182 Å². The summed E-state index contributed by atoms with van der Waals surface area (Å²) in [5, 5.41) is 11.7. The van der Waals surface area contributed by atoms with Crippen LogP contribution in [0.5, 0.6) is 5.75 Å². The smallest absolute Gasteiger partial charge is 0.402 e. The average Bonchev–Trinajstić information content (AvgIpc) is 3.13. The molecule has 32 heavy (non-hydrogen) atoms. The van der Waals surface area contributed by atoms with Crippen LogP contribution in [0.1, 0.15) is 32.3 Å². The normalized spacial score (nSPS) is 29.4.